The Morgan fingerprint density at radius 1 is 0.414 bits per heavy atom. The first-order chi connectivity index (χ1) is 42.7. The number of ether oxygens (including phenoxy) is 3. The molecule has 0 aromatic carbocycles. The van der Waals surface area contributed by atoms with E-state index in [1.807, 2.05) is 6.08 Å². The quantitative estimate of drug-likeness (QED) is 0.0195. The molecule has 11 nitrogen and oxygen atoms in total. The first kappa shape index (κ1) is 82.9. The van der Waals surface area contributed by atoms with E-state index in [1.54, 1.807) is 6.08 Å². The third-order valence-corrected chi connectivity index (χ3v) is 18.0. The number of esters is 1. The molecule has 7 atom stereocenters. The van der Waals surface area contributed by atoms with Crippen molar-refractivity contribution in [3.63, 3.8) is 0 Å². The van der Waals surface area contributed by atoms with Gasteiger partial charge in [-0.2, -0.15) is 0 Å². The third-order valence-electron chi connectivity index (χ3n) is 18.0. The summed E-state index contributed by atoms with van der Waals surface area (Å²) in [5.41, 5.74) is 0. The molecule has 11 heteroatoms. The molecule has 0 aromatic heterocycles. The van der Waals surface area contributed by atoms with Crippen molar-refractivity contribution in [3.8, 4) is 0 Å². The predicted octanol–water partition coefficient (Wildman–Crippen LogP) is 19.7. The van der Waals surface area contributed by atoms with Crippen LogP contribution in [0.15, 0.2) is 36.5 Å². The van der Waals surface area contributed by atoms with E-state index in [-0.39, 0.29) is 18.5 Å². The number of unbranched alkanes of at least 4 members (excludes halogenated alkanes) is 49. The Hall–Kier alpha value is -2.12. The van der Waals surface area contributed by atoms with Gasteiger partial charge in [0.05, 0.1) is 32.0 Å². The first-order valence-corrected chi connectivity index (χ1v) is 37.8. The second-order valence-electron chi connectivity index (χ2n) is 26.3. The summed E-state index contributed by atoms with van der Waals surface area (Å²) in [6, 6.07) is -0.831. The van der Waals surface area contributed by atoms with Crippen molar-refractivity contribution in [2.75, 3.05) is 19.8 Å². The van der Waals surface area contributed by atoms with E-state index in [1.165, 1.54) is 283 Å². The van der Waals surface area contributed by atoms with Crippen molar-refractivity contribution in [2.45, 2.75) is 416 Å². The molecule has 6 N–H and O–H groups in total. The van der Waals surface area contributed by atoms with Gasteiger partial charge < -0.3 is 45.1 Å². The van der Waals surface area contributed by atoms with Crippen LogP contribution in [0.3, 0.4) is 0 Å². The molecular weight excluding hydrogens is 1090 g/mol. The molecule has 1 aliphatic rings. The summed E-state index contributed by atoms with van der Waals surface area (Å²) in [7, 11) is 0. The van der Waals surface area contributed by atoms with Crippen molar-refractivity contribution in [2.24, 2.45) is 0 Å². The molecule has 0 saturated carbocycles. The highest BCUT2D eigenvalue weighted by Crippen LogP contribution is 2.24. The van der Waals surface area contributed by atoms with Crippen LogP contribution in [0.25, 0.3) is 0 Å². The number of hydrogen-bond acceptors (Lipinski definition) is 10. The Morgan fingerprint density at radius 3 is 1.14 bits per heavy atom. The van der Waals surface area contributed by atoms with E-state index >= 15 is 0 Å². The minimum absolute atomic E-state index is 0.0153. The molecule has 7 unspecified atom stereocenters. The van der Waals surface area contributed by atoms with Crippen LogP contribution in [0.1, 0.15) is 373 Å². The number of nitrogens with one attached hydrogen (secondary N) is 1. The van der Waals surface area contributed by atoms with Gasteiger partial charge in [0.15, 0.2) is 6.29 Å². The smallest absolute Gasteiger partial charge is 0.305 e. The number of rotatable bonds is 67. The molecule has 0 aliphatic carbocycles. The Labute approximate surface area is 536 Å². The van der Waals surface area contributed by atoms with Crippen LogP contribution < -0.4 is 5.32 Å². The van der Waals surface area contributed by atoms with Crippen molar-refractivity contribution in [1.29, 1.82) is 0 Å². The Balaban J connectivity index is 1.94. The van der Waals surface area contributed by atoms with Gasteiger partial charge >= 0.3 is 5.97 Å². The third kappa shape index (κ3) is 54.2. The van der Waals surface area contributed by atoms with Crippen LogP contribution in [0.2, 0.25) is 0 Å². The van der Waals surface area contributed by atoms with Gasteiger partial charge in [-0.05, 0) is 57.8 Å². The fraction of sp³-hybridized carbons (Fsp3) is 0.895. The lowest BCUT2D eigenvalue weighted by Gasteiger charge is -2.40. The van der Waals surface area contributed by atoms with Crippen LogP contribution >= 0.6 is 0 Å². The van der Waals surface area contributed by atoms with E-state index < -0.39 is 49.5 Å². The summed E-state index contributed by atoms with van der Waals surface area (Å²) in [6.07, 6.45) is 74.4. The zero-order valence-electron chi connectivity index (χ0n) is 57.0. The van der Waals surface area contributed by atoms with Gasteiger partial charge in [-0.25, -0.2) is 0 Å². The summed E-state index contributed by atoms with van der Waals surface area (Å²) >= 11 is 0. The average Bonchev–Trinajstić information content (AvgIpc) is 1.86. The van der Waals surface area contributed by atoms with Crippen LogP contribution in [0, 0.1) is 0 Å². The molecule has 0 aromatic rings. The van der Waals surface area contributed by atoms with Gasteiger partial charge in [-0.3, -0.25) is 9.59 Å². The number of allylic oxidation sites excluding steroid dienone is 5. The topological polar surface area (TPSA) is 175 Å². The maximum Gasteiger partial charge on any atom is 0.305 e. The molecule has 0 spiro atoms. The number of carbonyl (C=O) groups is 2. The molecule has 1 aliphatic heterocycles. The lowest BCUT2D eigenvalue weighted by atomic mass is 9.99. The molecule has 1 fully saturated rings. The number of aliphatic hydroxyl groups is 5. The van der Waals surface area contributed by atoms with Gasteiger partial charge in [0, 0.05) is 12.8 Å². The number of carbonyl (C=O) groups excluding carboxylic acids is 2. The maximum absolute atomic E-state index is 13.1. The minimum Gasteiger partial charge on any atom is -0.466 e. The fourth-order valence-corrected chi connectivity index (χ4v) is 12.1. The normalized spacial score (nSPS) is 18.0. The molecule has 1 heterocycles. The summed E-state index contributed by atoms with van der Waals surface area (Å²) in [5.74, 6) is -0.175. The zero-order chi connectivity index (χ0) is 63.0. The van der Waals surface area contributed by atoms with Crippen LogP contribution in [-0.4, -0.2) is 100 Å². The van der Waals surface area contributed by atoms with E-state index in [9.17, 15) is 35.1 Å². The number of hydrogen-bond donors (Lipinski definition) is 6. The van der Waals surface area contributed by atoms with Crippen LogP contribution in [0.5, 0.6) is 0 Å². The monoisotopic (exact) mass is 1230 g/mol. The lowest BCUT2D eigenvalue weighted by molar-refractivity contribution is -0.302. The molecule has 87 heavy (non-hydrogen) atoms. The van der Waals surface area contributed by atoms with E-state index in [4.69, 9.17) is 14.2 Å². The molecule has 0 radical (unpaired) electrons. The van der Waals surface area contributed by atoms with Crippen LogP contribution in [0.4, 0.5) is 0 Å². The minimum atomic E-state index is -1.58. The average molecular weight is 1230 g/mol. The first-order valence-electron chi connectivity index (χ1n) is 37.8. The van der Waals surface area contributed by atoms with Crippen molar-refractivity contribution >= 4 is 11.9 Å². The summed E-state index contributed by atoms with van der Waals surface area (Å²) in [4.78, 5) is 25.1. The molecule has 1 amide bonds. The zero-order valence-corrected chi connectivity index (χ0v) is 57.0. The van der Waals surface area contributed by atoms with Gasteiger partial charge in [-0.15, -0.1) is 0 Å². The Bertz CT molecular complexity index is 1540. The molecule has 0 bridgehead atoms. The van der Waals surface area contributed by atoms with E-state index in [0.29, 0.717) is 19.4 Å². The SMILES string of the molecule is CCCCCC/C=C/CC/C=C/CC/C=C/C(O)C(COC1OC(CO)C(O)C(O)C1O)NC(=O)CCCCCCCCCCCCCCCCCCCCCCCCCCCCCCCCCCCOC(=O)CCCCCCCCCCCCCC. The van der Waals surface area contributed by atoms with Gasteiger partial charge in [0.1, 0.15) is 24.4 Å². The van der Waals surface area contributed by atoms with Gasteiger partial charge in [0.25, 0.3) is 0 Å². The van der Waals surface area contributed by atoms with E-state index in [2.05, 4.69) is 43.5 Å². The van der Waals surface area contributed by atoms with Crippen molar-refractivity contribution in [1.82, 2.24) is 5.32 Å². The fourth-order valence-electron chi connectivity index (χ4n) is 12.1. The highest BCUT2D eigenvalue weighted by atomic mass is 16.7. The van der Waals surface area contributed by atoms with E-state index in [0.717, 1.165) is 64.2 Å². The predicted molar refractivity (Wildman–Crippen MR) is 366 cm³/mol. The molecular formula is C76H143NO10. The molecule has 1 rings (SSSR count). The van der Waals surface area contributed by atoms with Gasteiger partial charge in [0.2, 0.25) is 5.91 Å². The molecule has 512 valence electrons. The number of aliphatic hydroxyl groups excluding tert-OH is 5. The van der Waals surface area contributed by atoms with Crippen molar-refractivity contribution in [3.05, 3.63) is 36.5 Å². The highest BCUT2D eigenvalue weighted by Gasteiger charge is 2.44. The Morgan fingerprint density at radius 2 is 0.747 bits per heavy atom. The second kappa shape index (κ2) is 65.4. The number of amides is 1. The van der Waals surface area contributed by atoms with Gasteiger partial charge in [-0.1, -0.05) is 339 Å². The standard InChI is InChI=1S/C76H143NO10/c1-3-5-7-9-11-13-15-17-39-42-46-50-54-58-62-69(79)68(67-86-76-75(84)74(83)73(82)70(66-78)87-76)77-71(80)63-59-55-51-47-43-40-37-35-33-31-29-27-25-23-21-19-18-20-22-24-26-28-30-32-34-36-38-41-45-49-53-57-61-65-85-72(81)64-60-56-52-48-44-16-14-12-10-8-6-4-2/h13,15,42,46,58,62,68-70,73-76,78-79,82-84H,3-12,14,16-41,43-45,47-57,59-61,63-67H2,1-2H3,(H,77,80)/b15-13+,46-42+,62-58+. The maximum atomic E-state index is 13.1. The summed E-state index contributed by atoms with van der Waals surface area (Å²) < 4.78 is 16.7. The van der Waals surface area contributed by atoms with Crippen molar-refractivity contribution < 1.29 is 49.3 Å². The summed E-state index contributed by atoms with van der Waals surface area (Å²) in [6.45, 7) is 4.35. The largest absolute Gasteiger partial charge is 0.466 e. The van der Waals surface area contributed by atoms with Crippen LogP contribution in [-0.2, 0) is 23.8 Å². The lowest BCUT2D eigenvalue weighted by Crippen LogP contribution is -2.60. The molecule has 1 saturated heterocycles. The summed E-state index contributed by atoms with van der Waals surface area (Å²) in [5, 5.41) is 54.5. The highest BCUT2D eigenvalue weighted by molar-refractivity contribution is 5.76. The second-order valence-corrected chi connectivity index (χ2v) is 26.3. The Kier molecular flexibility index (Phi) is 62.3.